The van der Waals surface area contributed by atoms with Crippen molar-refractivity contribution in [2.75, 3.05) is 26.2 Å². The third kappa shape index (κ3) is 3.60. The van der Waals surface area contributed by atoms with Gasteiger partial charge in [0.25, 0.3) is 0 Å². The number of rotatable bonds is 4. The SMILES string of the molecule is CC(=O)N1CCN(C(c2ccc(C)cc2)c2sc3nc(-c4ccco4)nn3c2O)CC1. The highest BCUT2D eigenvalue weighted by Crippen LogP contribution is 2.40. The fraction of sp³-hybridized carbons (Fsp3) is 0.318. The van der Waals surface area contributed by atoms with Crippen LogP contribution in [0.5, 0.6) is 5.88 Å². The van der Waals surface area contributed by atoms with Crippen molar-refractivity contribution >= 4 is 22.2 Å². The monoisotopic (exact) mass is 437 g/mol. The van der Waals surface area contributed by atoms with Crippen LogP contribution in [0.15, 0.2) is 47.1 Å². The standard InChI is InChI=1S/C22H23N5O3S/c1-14-5-7-16(8-6-14)18(26-11-9-25(10-12-26)15(2)28)19-21(29)27-22(31-19)23-20(24-27)17-4-3-13-30-17/h3-8,13,18,29H,9-12H2,1-2H3. The second-order valence-corrected chi connectivity index (χ2v) is 8.76. The Bertz CT molecular complexity index is 1200. The molecule has 5 rings (SSSR count). The molecule has 3 aromatic heterocycles. The van der Waals surface area contributed by atoms with Crippen LogP contribution in [0.2, 0.25) is 0 Å². The molecule has 1 atom stereocenters. The molecule has 1 N–H and O–H groups in total. The summed E-state index contributed by atoms with van der Waals surface area (Å²) in [6.07, 6.45) is 1.57. The number of benzene rings is 1. The highest BCUT2D eigenvalue weighted by Gasteiger charge is 2.32. The van der Waals surface area contributed by atoms with Crippen molar-refractivity contribution in [3.8, 4) is 17.5 Å². The lowest BCUT2D eigenvalue weighted by atomic mass is 10.0. The summed E-state index contributed by atoms with van der Waals surface area (Å²) in [6, 6.07) is 11.8. The zero-order valence-corrected chi connectivity index (χ0v) is 18.2. The largest absolute Gasteiger partial charge is 0.492 e. The van der Waals surface area contributed by atoms with Gasteiger partial charge in [-0.15, -0.1) is 5.10 Å². The second-order valence-electron chi connectivity index (χ2n) is 7.75. The molecular weight excluding hydrogens is 414 g/mol. The zero-order valence-electron chi connectivity index (χ0n) is 17.4. The summed E-state index contributed by atoms with van der Waals surface area (Å²) >= 11 is 1.43. The number of aromatic nitrogens is 3. The maximum absolute atomic E-state index is 11.8. The number of hydrogen-bond acceptors (Lipinski definition) is 7. The molecule has 0 saturated carbocycles. The molecule has 0 spiro atoms. The minimum atomic E-state index is -0.143. The Balaban J connectivity index is 1.54. The van der Waals surface area contributed by atoms with Crippen LogP contribution in [0.1, 0.15) is 29.0 Å². The number of furan rings is 1. The van der Waals surface area contributed by atoms with Crippen LogP contribution in [0, 0.1) is 6.92 Å². The maximum atomic E-state index is 11.8. The Morgan fingerprint density at radius 1 is 1.16 bits per heavy atom. The van der Waals surface area contributed by atoms with E-state index < -0.39 is 0 Å². The quantitative estimate of drug-likeness (QED) is 0.527. The third-order valence-electron chi connectivity index (χ3n) is 5.71. The topological polar surface area (TPSA) is 87.1 Å². The number of piperazine rings is 1. The summed E-state index contributed by atoms with van der Waals surface area (Å²) in [4.78, 5) is 21.9. The van der Waals surface area contributed by atoms with Crippen LogP contribution in [0.3, 0.4) is 0 Å². The van der Waals surface area contributed by atoms with E-state index in [0.29, 0.717) is 29.6 Å². The average Bonchev–Trinajstić information content (AvgIpc) is 3.49. The summed E-state index contributed by atoms with van der Waals surface area (Å²) in [5.41, 5.74) is 2.27. The molecule has 31 heavy (non-hydrogen) atoms. The van der Waals surface area contributed by atoms with Crippen molar-refractivity contribution in [1.29, 1.82) is 0 Å². The highest BCUT2D eigenvalue weighted by molar-refractivity contribution is 7.17. The number of aryl methyl sites for hydroxylation is 1. The fourth-order valence-electron chi connectivity index (χ4n) is 4.01. The molecule has 1 aromatic carbocycles. The predicted octanol–water partition coefficient (Wildman–Crippen LogP) is 3.32. The first-order chi connectivity index (χ1) is 15.0. The molecule has 0 aliphatic carbocycles. The Hall–Kier alpha value is -3.17. The molecule has 4 aromatic rings. The molecule has 8 nitrogen and oxygen atoms in total. The summed E-state index contributed by atoms with van der Waals surface area (Å²) in [6.45, 7) is 6.45. The lowest BCUT2D eigenvalue weighted by molar-refractivity contribution is -0.130. The van der Waals surface area contributed by atoms with Gasteiger partial charge in [-0.05, 0) is 24.6 Å². The van der Waals surface area contributed by atoms with Crippen molar-refractivity contribution in [2.24, 2.45) is 0 Å². The number of amides is 1. The van der Waals surface area contributed by atoms with Gasteiger partial charge in [0.2, 0.25) is 22.6 Å². The van der Waals surface area contributed by atoms with E-state index in [1.807, 2.05) is 4.90 Å². The van der Waals surface area contributed by atoms with Gasteiger partial charge in [-0.2, -0.15) is 9.50 Å². The van der Waals surface area contributed by atoms with Gasteiger partial charge in [-0.1, -0.05) is 41.2 Å². The van der Waals surface area contributed by atoms with Gasteiger partial charge in [0.1, 0.15) is 0 Å². The fourth-order valence-corrected chi connectivity index (χ4v) is 5.13. The Kier molecular flexibility index (Phi) is 4.99. The molecule has 1 saturated heterocycles. The number of hydrogen-bond donors (Lipinski definition) is 1. The summed E-state index contributed by atoms with van der Waals surface area (Å²) in [5.74, 6) is 1.19. The van der Waals surface area contributed by atoms with Crippen molar-refractivity contribution < 1.29 is 14.3 Å². The lowest BCUT2D eigenvalue weighted by Crippen LogP contribution is -2.49. The summed E-state index contributed by atoms with van der Waals surface area (Å²) in [7, 11) is 0. The van der Waals surface area contributed by atoms with Crippen LogP contribution in [-0.4, -0.2) is 61.6 Å². The van der Waals surface area contributed by atoms with Gasteiger partial charge in [-0.3, -0.25) is 9.69 Å². The van der Waals surface area contributed by atoms with E-state index in [0.717, 1.165) is 23.5 Å². The van der Waals surface area contributed by atoms with Gasteiger partial charge in [-0.25, -0.2) is 0 Å². The van der Waals surface area contributed by atoms with Crippen LogP contribution in [0.25, 0.3) is 16.5 Å². The average molecular weight is 438 g/mol. The second kappa shape index (κ2) is 7.82. The molecule has 4 heterocycles. The molecule has 9 heteroatoms. The Morgan fingerprint density at radius 3 is 2.52 bits per heavy atom. The molecule has 1 aliphatic rings. The first-order valence-electron chi connectivity index (χ1n) is 10.2. The van der Waals surface area contributed by atoms with Crippen LogP contribution in [0.4, 0.5) is 0 Å². The van der Waals surface area contributed by atoms with E-state index in [1.165, 1.54) is 21.4 Å². The molecule has 1 unspecified atom stereocenters. The minimum Gasteiger partial charge on any atom is -0.492 e. The van der Waals surface area contributed by atoms with Gasteiger partial charge < -0.3 is 14.4 Å². The Labute approximate surface area is 183 Å². The Morgan fingerprint density at radius 2 is 1.90 bits per heavy atom. The van der Waals surface area contributed by atoms with Crippen molar-refractivity contribution in [3.63, 3.8) is 0 Å². The van der Waals surface area contributed by atoms with Crippen LogP contribution in [-0.2, 0) is 4.79 Å². The summed E-state index contributed by atoms with van der Waals surface area (Å²) < 4.78 is 6.86. The molecule has 1 amide bonds. The van der Waals surface area contributed by atoms with Crippen molar-refractivity contribution in [1.82, 2.24) is 24.4 Å². The first kappa shape index (κ1) is 19.8. The lowest BCUT2D eigenvalue weighted by Gasteiger charge is -2.38. The number of carbonyl (C=O) groups excluding carboxylic acids is 1. The van der Waals surface area contributed by atoms with E-state index in [9.17, 15) is 9.90 Å². The summed E-state index contributed by atoms with van der Waals surface area (Å²) in [5, 5.41) is 15.6. The van der Waals surface area contributed by atoms with E-state index in [1.54, 1.807) is 25.3 Å². The van der Waals surface area contributed by atoms with E-state index in [-0.39, 0.29) is 17.8 Å². The number of thiazole rings is 1. The predicted molar refractivity (Wildman–Crippen MR) is 117 cm³/mol. The molecule has 0 bridgehead atoms. The minimum absolute atomic E-state index is 0.0879. The van der Waals surface area contributed by atoms with Gasteiger partial charge in [0, 0.05) is 33.1 Å². The van der Waals surface area contributed by atoms with Gasteiger partial charge >= 0.3 is 0 Å². The smallest absolute Gasteiger partial charge is 0.230 e. The highest BCUT2D eigenvalue weighted by atomic mass is 32.1. The molecule has 160 valence electrons. The van der Waals surface area contributed by atoms with E-state index in [2.05, 4.69) is 46.2 Å². The third-order valence-corrected chi connectivity index (χ3v) is 6.78. The number of nitrogens with zero attached hydrogens (tertiary/aromatic N) is 5. The normalized spacial score (nSPS) is 16.1. The van der Waals surface area contributed by atoms with Crippen molar-refractivity contribution in [3.05, 3.63) is 58.7 Å². The van der Waals surface area contributed by atoms with E-state index >= 15 is 0 Å². The zero-order chi connectivity index (χ0) is 21.5. The number of carbonyl (C=O) groups is 1. The van der Waals surface area contributed by atoms with Crippen LogP contribution < -0.4 is 0 Å². The van der Waals surface area contributed by atoms with Crippen molar-refractivity contribution in [2.45, 2.75) is 19.9 Å². The molecule has 1 fully saturated rings. The first-order valence-corrected chi connectivity index (χ1v) is 11.0. The molecule has 1 aliphatic heterocycles. The maximum Gasteiger partial charge on any atom is 0.230 e. The number of aromatic hydroxyl groups is 1. The molecular formula is C22H23N5O3S. The van der Waals surface area contributed by atoms with E-state index in [4.69, 9.17) is 4.42 Å². The van der Waals surface area contributed by atoms with Gasteiger partial charge in [0.15, 0.2) is 5.76 Å². The number of fused-ring (bicyclic) bond motifs is 1. The van der Waals surface area contributed by atoms with Crippen LogP contribution >= 0.6 is 11.3 Å². The molecule has 0 radical (unpaired) electrons. The van der Waals surface area contributed by atoms with Gasteiger partial charge in [0.05, 0.1) is 17.2 Å².